The summed E-state index contributed by atoms with van der Waals surface area (Å²) < 4.78 is 37.7. The number of alkyl halides is 3. The van der Waals surface area contributed by atoms with Gasteiger partial charge in [-0.1, -0.05) is 6.92 Å². The van der Waals surface area contributed by atoms with E-state index >= 15 is 0 Å². The van der Waals surface area contributed by atoms with Crippen LogP contribution in [0.5, 0.6) is 0 Å². The zero-order valence-corrected chi connectivity index (χ0v) is 9.01. The van der Waals surface area contributed by atoms with Crippen LogP contribution in [0.25, 0.3) is 0 Å². The van der Waals surface area contributed by atoms with Gasteiger partial charge in [-0.25, -0.2) is 9.78 Å². The smallest absolute Gasteiger partial charge is 0.433 e. The van der Waals surface area contributed by atoms with Gasteiger partial charge in [-0.3, -0.25) is 0 Å². The van der Waals surface area contributed by atoms with Crippen LogP contribution >= 0.6 is 0 Å². The highest BCUT2D eigenvalue weighted by molar-refractivity contribution is 5.87. The molecule has 92 valence electrons. The summed E-state index contributed by atoms with van der Waals surface area (Å²) in [5.74, 6) is -1.37. The standard InChI is InChI=1S/C11H10F3NO2/c1-10(2-3-10)7-4-6(9(16)17)5-8(15-7)11(12,13)14/h4-5H,2-3H2,1H3,(H,16,17). The van der Waals surface area contributed by atoms with Crippen molar-refractivity contribution in [2.45, 2.75) is 31.4 Å². The minimum Gasteiger partial charge on any atom is -0.478 e. The first-order chi connectivity index (χ1) is 7.72. The second kappa shape index (κ2) is 3.45. The van der Waals surface area contributed by atoms with Gasteiger partial charge in [-0.2, -0.15) is 13.2 Å². The summed E-state index contributed by atoms with van der Waals surface area (Å²) in [6.45, 7) is 1.78. The highest BCUT2D eigenvalue weighted by Crippen LogP contribution is 2.47. The van der Waals surface area contributed by atoms with Gasteiger partial charge < -0.3 is 5.11 Å². The fraction of sp³-hybridized carbons (Fsp3) is 0.455. The Bertz CT molecular complexity index is 455. The van der Waals surface area contributed by atoms with Gasteiger partial charge in [-0.15, -0.1) is 0 Å². The summed E-state index contributed by atoms with van der Waals surface area (Å²) in [4.78, 5) is 14.3. The van der Waals surface area contributed by atoms with E-state index in [2.05, 4.69) is 4.98 Å². The van der Waals surface area contributed by atoms with Crippen LogP contribution in [0.3, 0.4) is 0 Å². The third-order valence-corrected chi connectivity index (χ3v) is 2.98. The van der Waals surface area contributed by atoms with Gasteiger partial charge in [0.1, 0.15) is 5.69 Å². The van der Waals surface area contributed by atoms with E-state index in [1.54, 1.807) is 6.92 Å². The van der Waals surface area contributed by atoms with Gasteiger partial charge in [0.25, 0.3) is 0 Å². The van der Waals surface area contributed by atoms with Gasteiger partial charge in [-0.05, 0) is 25.0 Å². The monoisotopic (exact) mass is 245 g/mol. The van der Waals surface area contributed by atoms with Crippen molar-refractivity contribution in [3.63, 3.8) is 0 Å². The molecule has 6 heteroatoms. The quantitative estimate of drug-likeness (QED) is 0.871. The van der Waals surface area contributed by atoms with Crippen molar-refractivity contribution in [1.29, 1.82) is 0 Å². The molecule has 1 fully saturated rings. The molecule has 0 spiro atoms. The van der Waals surface area contributed by atoms with Gasteiger partial charge in [0.05, 0.1) is 5.56 Å². The molecule has 0 atom stereocenters. The average molecular weight is 245 g/mol. The molecule has 1 saturated carbocycles. The Morgan fingerprint density at radius 1 is 1.41 bits per heavy atom. The molecule has 1 aromatic rings. The van der Waals surface area contributed by atoms with Crippen LogP contribution in [0.4, 0.5) is 13.2 Å². The van der Waals surface area contributed by atoms with Gasteiger partial charge >= 0.3 is 12.1 Å². The van der Waals surface area contributed by atoms with E-state index in [4.69, 9.17) is 5.11 Å². The predicted octanol–water partition coefficient (Wildman–Crippen LogP) is 2.85. The Morgan fingerprint density at radius 2 is 2.00 bits per heavy atom. The molecule has 2 rings (SSSR count). The Labute approximate surface area is 95.3 Å². The molecule has 1 heterocycles. The number of carbonyl (C=O) groups is 1. The van der Waals surface area contributed by atoms with E-state index in [1.165, 1.54) is 6.07 Å². The summed E-state index contributed by atoms with van der Waals surface area (Å²) in [5.41, 5.74) is -1.69. The largest absolute Gasteiger partial charge is 0.478 e. The fourth-order valence-corrected chi connectivity index (χ4v) is 1.55. The van der Waals surface area contributed by atoms with Crippen molar-refractivity contribution in [2.24, 2.45) is 0 Å². The predicted molar refractivity (Wildman–Crippen MR) is 52.8 cm³/mol. The SMILES string of the molecule is CC1(c2cc(C(=O)O)cc(C(F)(F)F)n2)CC1. The zero-order valence-electron chi connectivity index (χ0n) is 9.01. The van der Waals surface area contributed by atoms with E-state index in [1.807, 2.05) is 0 Å². The number of halogens is 3. The molecule has 1 aromatic heterocycles. The van der Waals surface area contributed by atoms with E-state index in [0.717, 1.165) is 12.8 Å². The van der Waals surface area contributed by atoms with E-state index in [9.17, 15) is 18.0 Å². The fourth-order valence-electron chi connectivity index (χ4n) is 1.55. The number of carboxylic acid groups (broad SMARTS) is 1. The lowest BCUT2D eigenvalue weighted by Gasteiger charge is -2.13. The second-order valence-corrected chi connectivity index (χ2v) is 4.49. The highest BCUT2D eigenvalue weighted by atomic mass is 19.4. The molecular weight excluding hydrogens is 235 g/mol. The third kappa shape index (κ3) is 2.25. The molecule has 1 N–H and O–H groups in total. The second-order valence-electron chi connectivity index (χ2n) is 4.49. The minimum atomic E-state index is -4.62. The zero-order chi connectivity index (χ0) is 12.8. The lowest BCUT2D eigenvalue weighted by Crippen LogP contribution is -2.15. The van der Waals surface area contributed by atoms with Crippen molar-refractivity contribution in [1.82, 2.24) is 4.98 Å². The van der Waals surface area contributed by atoms with Gasteiger partial charge in [0.2, 0.25) is 0 Å². The molecule has 1 aliphatic carbocycles. The Balaban J connectivity index is 2.54. The van der Waals surface area contributed by atoms with Crippen molar-refractivity contribution in [3.8, 4) is 0 Å². The lowest BCUT2D eigenvalue weighted by atomic mass is 10.0. The Kier molecular flexibility index (Phi) is 2.41. The van der Waals surface area contributed by atoms with Crippen LogP contribution in [0.2, 0.25) is 0 Å². The summed E-state index contributed by atoms with van der Waals surface area (Å²) in [5, 5.41) is 8.79. The highest BCUT2D eigenvalue weighted by Gasteiger charge is 2.43. The number of nitrogens with zero attached hydrogens (tertiary/aromatic N) is 1. The van der Waals surface area contributed by atoms with E-state index in [0.29, 0.717) is 6.07 Å². The van der Waals surface area contributed by atoms with Crippen molar-refractivity contribution < 1.29 is 23.1 Å². The molecule has 3 nitrogen and oxygen atoms in total. The molecule has 0 bridgehead atoms. The minimum absolute atomic E-state index is 0.213. The molecule has 17 heavy (non-hydrogen) atoms. The number of pyridine rings is 1. The first-order valence-electron chi connectivity index (χ1n) is 5.05. The van der Waals surface area contributed by atoms with Crippen LogP contribution in [-0.4, -0.2) is 16.1 Å². The van der Waals surface area contributed by atoms with Crippen molar-refractivity contribution in [2.75, 3.05) is 0 Å². The molecule has 0 aliphatic heterocycles. The van der Waals surface area contributed by atoms with Crippen LogP contribution in [0.15, 0.2) is 12.1 Å². The molecule has 0 amide bonds. The van der Waals surface area contributed by atoms with Gasteiger partial charge in [0, 0.05) is 11.1 Å². The molecule has 0 aromatic carbocycles. The third-order valence-electron chi connectivity index (χ3n) is 2.98. The first-order valence-corrected chi connectivity index (χ1v) is 5.05. The summed E-state index contributed by atoms with van der Waals surface area (Å²) in [6.07, 6.45) is -3.15. The first kappa shape index (κ1) is 11.9. The molecular formula is C11H10F3NO2. The maximum absolute atomic E-state index is 12.6. The van der Waals surface area contributed by atoms with Crippen LogP contribution in [0, 0.1) is 0 Å². The van der Waals surface area contributed by atoms with E-state index in [-0.39, 0.29) is 11.3 Å². The number of hydrogen-bond donors (Lipinski definition) is 1. The summed E-state index contributed by atoms with van der Waals surface area (Å²) >= 11 is 0. The number of carboxylic acids is 1. The van der Waals surface area contributed by atoms with Crippen molar-refractivity contribution >= 4 is 5.97 Å². The molecule has 1 aliphatic rings. The average Bonchev–Trinajstić information content (AvgIpc) is 2.96. The Hall–Kier alpha value is -1.59. The molecule has 0 saturated heterocycles. The lowest BCUT2D eigenvalue weighted by molar-refractivity contribution is -0.141. The summed E-state index contributed by atoms with van der Waals surface area (Å²) in [6, 6.07) is 1.79. The number of aromatic carboxylic acids is 1. The molecule has 0 unspecified atom stereocenters. The van der Waals surface area contributed by atoms with E-state index < -0.39 is 23.3 Å². The van der Waals surface area contributed by atoms with Crippen LogP contribution in [-0.2, 0) is 11.6 Å². The maximum atomic E-state index is 12.6. The number of rotatable bonds is 2. The van der Waals surface area contributed by atoms with Crippen LogP contribution < -0.4 is 0 Å². The normalized spacial score (nSPS) is 17.9. The van der Waals surface area contributed by atoms with Crippen LogP contribution in [0.1, 0.15) is 41.5 Å². The topological polar surface area (TPSA) is 50.2 Å². The summed E-state index contributed by atoms with van der Waals surface area (Å²) in [7, 11) is 0. The Morgan fingerprint density at radius 3 is 2.41 bits per heavy atom. The molecule has 0 radical (unpaired) electrons. The maximum Gasteiger partial charge on any atom is 0.433 e. The van der Waals surface area contributed by atoms with Crippen molar-refractivity contribution in [3.05, 3.63) is 29.1 Å². The van der Waals surface area contributed by atoms with Gasteiger partial charge in [0.15, 0.2) is 0 Å². The number of hydrogen-bond acceptors (Lipinski definition) is 2. The number of aromatic nitrogens is 1.